The van der Waals surface area contributed by atoms with Crippen molar-refractivity contribution in [1.29, 1.82) is 0 Å². The summed E-state index contributed by atoms with van der Waals surface area (Å²) in [6.07, 6.45) is 1.32. The molecule has 0 fully saturated rings. The van der Waals surface area contributed by atoms with E-state index in [-0.39, 0.29) is 29.2 Å². The van der Waals surface area contributed by atoms with Crippen LogP contribution in [0.25, 0.3) is 0 Å². The highest BCUT2D eigenvalue weighted by atomic mass is 16.4. The number of hydrogen-bond acceptors (Lipinski definition) is 6. The van der Waals surface area contributed by atoms with Crippen LogP contribution in [0.15, 0.2) is 71.3 Å². The van der Waals surface area contributed by atoms with E-state index in [1.807, 2.05) is 0 Å². The Labute approximate surface area is 165 Å². The number of furan rings is 1. The molecule has 2 aromatic carbocycles. The molecule has 1 atom stereocenters. The van der Waals surface area contributed by atoms with E-state index in [1.54, 1.807) is 30.3 Å². The third-order valence-electron chi connectivity index (χ3n) is 4.13. The normalized spacial score (nSPS) is 11.4. The molecule has 1 heterocycles. The number of anilines is 1. The van der Waals surface area contributed by atoms with Crippen molar-refractivity contribution in [2.75, 3.05) is 5.32 Å². The lowest BCUT2D eigenvalue weighted by Crippen LogP contribution is -2.49. The van der Waals surface area contributed by atoms with Gasteiger partial charge in [0.05, 0.1) is 29.5 Å². The highest BCUT2D eigenvalue weighted by molar-refractivity contribution is 6.08. The zero-order valence-electron chi connectivity index (χ0n) is 15.1. The van der Waals surface area contributed by atoms with E-state index in [0.717, 1.165) is 0 Å². The second kappa shape index (κ2) is 8.75. The highest BCUT2D eigenvalue weighted by Crippen LogP contribution is 2.17. The molecule has 0 radical (unpaired) electrons. The molecule has 3 aromatic rings. The van der Waals surface area contributed by atoms with Gasteiger partial charge >= 0.3 is 0 Å². The van der Waals surface area contributed by atoms with Gasteiger partial charge in [0.25, 0.3) is 11.8 Å². The number of carboxylic acid groups (broad SMARTS) is 1. The largest absolute Gasteiger partial charge is 0.548 e. The molecule has 0 aliphatic heterocycles. The topological polar surface area (TPSA) is 132 Å². The minimum atomic E-state index is -1.46. The number of carbonyl (C=O) groups excluding carboxylic acids is 3. The van der Waals surface area contributed by atoms with Gasteiger partial charge in [-0.15, -0.1) is 0 Å². The van der Waals surface area contributed by atoms with Crippen molar-refractivity contribution in [3.05, 3.63) is 83.8 Å². The van der Waals surface area contributed by atoms with E-state index in [9.17, 15) is 24.6 Å². The Kier molecular flexibility index (Phi) is 5.94. The lowest BCUT2D eigenvalue weighted by molar-refractivity contribution is -0.308. The Morgan fingerprint density at radius 2 is 1.69 bits per heavy atom. The van der Waals surface area contributed by atoms with Crippen LogP contribution in [0.3, 0.4) is 0 Å². The zero-order chi connectivity index (χ0) is 20.8. The second-order valence-corrected chi connectivity index (χ2v) is 6.19. The minimum absolute atomic E-state index is 0.0325. The van der Waals surface area contributed by atoms with E-state index in [1.165, 1.54) is 36.6 Å². The summed E-state index contributed by atoms with van der Waals surface area (Å²) in [6, 6.07) is 13.9. The van der Waals surface area contributed by atoms with Gasteiger partial charge in [-0.3, -0.25) is 9.59 Å². The van der Waals surface area contributed by atoms with Crippen molar-refractivity contribution < 1.29 is 29.0 Å². The number of para-hydroxylation sites is 1. The summed E-state index contributed by atoms with van der Waals surface area (Å²) < 4.78 is 5.02. The molecule has 0 bridgehead atoms. The standard InChI is InChI=1S/C21H18N2O6/c24-14-9-7-13(8-10-14)12-17(21(27)28)23-19(25)15-4-1-2-5-16(15)22-20(26)18-6-3-11-29-18/h1-11,17,24H,12H2,(H,22,26)(H,23,25)(H,27,28)/p-1/t17-/m0/s1. The molecular weight excluding hydrogens is 376 g/mol. The Balaban J connectivity index is 1.75. The molecule has 8 heteroatoms. The molecule has 0 aliphatic carbocycles. The fourth-order valence-corrected chi connectivity index (χ4v) is 2.68. The highest BCUT2D eigenvalue weighted by Gasteiger charge is 2.19. The van der Waals surface area contributed by atoms with Gasteiger partial charge in [0.1, 0.15) is 5.75 Å². The lowest BCUT2D eigenvalue weighted by atomic mass is 10.0. The van der Waals surface area contributed by atoms with Crippen molar-refractivity contribution in [3.63, 3.8) is 0 Å². The maximum atomic E-state index is 12.7. The molecule has 0 unspecified atom stereocenters. The number of phenols is 1. The number of phenolic OH excluding ortho intramolecular Hbond substituents is 1. The summed E-state index contributed by atoms with van der Waals surface area (Å²) in [5.41, 5.74) is 0.884. The van der Waals surface area contributed by atoms with Crippen LogP contribution < -0.4 is 15.7 Å². The van der Waals surface area contributed by atoms with Crippen LogP contribution in [-0.4, -0.2) is 28.9 Å². The van der Waals surface area contributed by atoms with Crippen LogP contribution in [0, 0.1) is 0 Å². The van der Waals surface area contributed by atoms with Crippen molar-refractivity contribution in [3.8, 4) is 5.75 Å². The average Bonchev–Trinajstić information content (AvgIpc) is 3.24. The Hall–Kier alpha value is -4.07. The molecule has 2 amide bonds. The van der Waals surface area contributed by atoms with Crippen LogP contribution in [0.1, 0.15) is 26.5 Å². The fraction of sp³-hybridized carbons (Fsp3) is 0.0952. The molecule has 148 valence electrons. The van der Waals surface area contributed by atoms with Crippen molar-refractivity contribution in [2.45, 2.75) is 12.5 Å². The molecule has 8 nitrogen and oxygen atoms in total. The van der Waals surface area contributed by atoms with Gasteiger partial charge in [-0.25, -0.2) is 0 Å². The smallest absolute Gasteiger partial charge is 0.291 e. The minimum Gasteiger partial charge on any atom is -0.548 e. The zero-order valence-corrected chi connectivity index (χ0v) is 15.1. The van der Waals surface area contributed by atoms with Gasteiger partial charge in [0.15, 0.2) is 5.76 Å². The van der Waals surface area contributed by atoms with Gasteiger partial charge in [-0.1, -0.05) is 24.3 Å². The lowest BCUT2D eigenvalue weighted by Gasteiger charge is -2.21. The van der Waals surface area contributed by atoms with E-state index in [4.69, 9.17) is 4.42 Å². The summed E-state index contributed by atoms with van der Waals surface area (Å²) in [6.45, 7) is 0. The number of carbonyl (C=O) groups is 3. The molecular formula is C21H17N2O6-. The van der Waals surface area contributed by atoms with Crippen LogP contribution in [0.2, 0.25) is 0 Å². The molecule has 3 N–H and O–H groups in total. The number of rotatable bonds is 7. The van der Waals surface area contributed by atoms with Crippen LogP contribution in [-0.2, 0) is 11.2 Å². The maximum absolute atomic E-state index is 12.7. The summed E-state index contributed by atoms with van der Waals surface area (Å²) in [5.74, 6) is -2.57. The molecule has 0 spiro atoms. The summed E-state index contributed by atoms with van der Waals surface area (Å²) in [5, 5.41) is 25.8. The van der Waals surface area contributed by atoms with Crippen LogP contribution in [0.5, 0.6) is 5.75 Å². The Morgan fingerprint density at radius 1 is 0.966 bits per heavy atom. The van der Waals surface area contributed by atoms with Crippen molar-refractivity contribution in [1.82, 2.24) is 5.32 Å². The number of aromatic hydroxyl groups is 1. The van der Waals surface area contributed by atoms with E-state index in [0.29, 0.717) is 5.56 Å². The number of nitrogens with one attached hydrogen (secondary N) is 2. The molecule has 0 saturated heterocycles. The number of hydrogen-bond donors (Lipinski definition) is 3. The first-order valence-corrected chi connectivity index (χ1v) is 8.67. The molecule has 0 aliphatic rings. The van der Waals surface area contributed by atoms with E-state index < -0.39 is 23.8 Å². The van der Waals surface area contributed by atoms with Crippen molar-refractivity contribution in [2.24, 2.45) is 0 Å². The first-order chi connectivity index (χ1) is 13.9. The fourth-order valence-electron chi connectivity index (χ4n) is 2.68. The van der Waals surface area contributed by atoms with E-state index >= 15 is 0 Å². The maximum Gasteiger partial charge on any atom is 0.291 e. The summed E-state index contributed by atoms with van der Waals surface area (Å²) >= 11 is 0. The molecule has 0 saturated carbocycles. The van der Waals surface area contributed by atoms with Crippen LogP contribution >= 0.6 is 0 Å². The third kappa shape index (κ3) is 5.01. The Bertz CT molecular complexity index is 1010. The molecule has 1 aromatic heterocycles. The predicted octanol–water partition coefficient (Wildman–Crippen LogP) is 1.33. The quantitative estimate of drug-likeness (QED) is 0.555. The van der Waals surface area contributed by atoms with Gasteiger partial charge < -0.3 is 30.1 Å². The second-order valence-electron chi connectivity index (χ2n) is 6.19. The Morgan fingerprint density at radius 3 is 2.34 bits per heavy atom. The van der Waals surface area contributed by atoms with Crippen LogP contribution in [0.4, 0.5) is 5.69 Å². The van der Waals surface area contributed by atoms with Gasteiger partial charge in [0.2, 0.25) is 0 Å². The number of aliphatic carboxylic acids is 1. The predicted molar refractivity (Wildman–Crippen MR) is 101 cm³/mol. The number of amides is 2. The van der Waals surface area contributed by atoms with Crippen molar-refractivity contribution >= 4 is 23.5 Å². The van der Waals surface area contributed by atoms with Gasteiger partial charge in [-0.05, 0) is 48.4 Å². The third-order valence-corrected chi connectivity index (χ3v) is 4.13. The van der Waals surface area contributed by atoms with Gasteiger partial charge in [0, 0.05) is 0 Å². The first-order valence-electron chi connectivity index (χ1n) is 8.67. The first kappa shape index (κ1) is 19.7. The van der Waals surface area contributed by atoms with E-state index in [2.05, 4.69) is 10.6 Å². The molecule has 29 heavy (non-hydrogen) atoms. The summed E-state index contributed by atoms with van der Waals surface area (Å²) in [4.78, 5) is 36.4. The SMILES string of the molecule is O=C(Nc1ccccc1C(=O)N[C@@H](Cc1ccc(O)cc1)C(=O)[O-])c1ccco1. The number of carboxylic acids is 1. The summed E-state index contributed by atoms with van der Waals surface area (Å²) in [7, 11) is 0. The molecule has 3 rings (SSSR count). The van der Waals surface area contributed by atoms with Gasteiger partial charge in [-0.2, -0.15) is 0 Å². The monoisotopic (exact) mass is 393 g/mol. The average molecular weight is 393 g/mol. The number of benzene rings is 2.